The van der Waals surface area contributed by atoms with Gasteiger partial charge >= 0.3 is 0 Å². The van der Waals surface area contributed by atoms with Gasteiger partial charge in [-0.3, -0.25) is 0 Å². The van der Waals surface area contributed by atoms with Gasteiger partial charge < -0.3 is 13.6 Å². The van der Waals surface area contributed by atoms with Gasteiger partial charge in [0.2, 0.25) is 0 Å². The average molecular weight is 718 g/mol. The van der Waals surface area contributed by atoms with Gasteiger partial charge in [0.25, 0.3) is 0 Å². The normalized spacial score (nSPS) is 11.9. The van der Waals surface area contributed by atoms with E-state index in [0.29, 0.717) is 5.82 Å². The van der Waals surface area contributed by atoms with E-state index in [0.717, 1.165) is 99.6 Å². The molecular weight excluding hydrogens is 687 g/mol. The average Bonchev–Trinajstić information content (AvgIpc) is 4.04. The maximum Gasteiger partial charge on any atom is 0.182 e. The quantitative estimate of drug-likeness (QED) is 0.178. The zero-order valence-electron chi connectivity index (χ0n) is 30.0. The summed E-state index contributed by atoms with van der Waals surface area (Å²) in [5.74, 6) is 1.48. The van der Waals surface area contributed by atoms with Crippen LogP contribution >= 0.6 is 0 Å². The van der Waals surface area contributed by atoms with Crippen molar-refractivity contribution in [3.8, 4) is 39.8 Å². The summed E-state index contributed by atoms with van der Waals surface area (Å²) >= 11 is 0. The van der Waals surface area contributed by atoms with E-state index < -0.39 is 0 Å². The molecular formula is C50H31N5O. The third-order valence-electron chi connectivity index (χ3n) is 11.1. The Balaban J connectivity index is 1.10. The summed E-state index contributed by atoms with van der Waals surface area (Å²) in [4.78, 5) is 5.08. The molecule has 0 fully saturated rings. The lowest BCUT2D eigenvalue weighted by molar-refractivity contribution is 0.673. The van der Waals surface area contributed by atoms with Crippen LogP contribution in [0.4, 0.5) is 0 Å². The number of fused-ring (bicyclic) bond motifs is 10. The van der Waals surface area contributed by atoms with Crippen molar-refractivity contribution in [3.05, 3.63) is 188 Å². The predicted molar refractivity (Wildman–Crippen MR) is 228 cm³/mol. The third kappa shape index (κ3) is 4.44. The van der Waals surface area contributed by atoms with Gasteiger partial charge in [0, 0.05) is 38.1 Å². The molecule has 0 amide bonds. The van der Waals surface area contributed by atoms with Crippen molar-refractivity contribution in [2.45, 2.75) is 0 Å². The van der Waals surface area contributed by atoms with Crippen LogP contribution in [-0.2, 0) is 0 Å². The first-order valence-corrected chi connectivity index (χ1v) is 18.8. The van der Waals surface area contributed by atoms with Crippen LogP contribution in [0.2, 0.25) is 0 Å². The van der Waals surface area contributed by atoms with E-state index in [2.05, 4.69) is 155 Å². The number of aromatic nitrogens is 5. The number of para-hydroxylation sites is 5. The van der Waals surface area contributed by atoms with Crippen LogP contribution in [-0.4, -0.2) is 23.9 Å². The molecule has 0 atom stereocenters. The molecule has 0 saturated heterocycles. The highest BCUT2D eigenvalue weighted by Crippen LogP contribution is 2.42. The van der Waals surface area contributed by atoms with E-state index in [4.69, 9.17) is 14.5 Å². The lowest BCUT2D eigenvalue weighted by Gasteiger charge is -2.16. The molecule has 6 nitrogen and oxygen atoms in total. The van der Waals surface area contributed by atoms with Gasteiger partial charge in [-0.25, -0.2) is 9.67 Å². The summed E-state index contributed by atoms with van der Waals surface area (Å²) in [5.41, 5.74) is 11.3. The molecule has 0 spiro atoms. The Kier molecular flexibility index (Phi) is 6.53. The second-order valence-corrected chi connectivity index (χ2v) is 14.2. The summed E-state index contributed by atoms with van der Waals surface area (Å²) in [6, 6.07) is 65.9. The highest BCUT2D eigenvalue weighted by molar-refractivity contribution is 6.24. The Labute approximate surface area is 320 Å². The molecule has 0 aliphatic rings. The minimum Gasteiger partial charge on any atom is -0.455 e. The van der Waals surface area contributed by atoms with E-state index in [1.54, 1.807) is 0 Å². The number of benzene rings is 8. The van der Waals surface area contributed by atoms with Crippen molar-refractivity contribution in [1.82, 2.24) is 23.9 Å². The molecule has 0 unspecified atom stereocenters. The second kappa shape index (κ2) is 11.9. The number of rotatable bonds is 5. The molecule has 4 aromatic heterocycles. The number of nitrogens with zero attached hydrogens (tertiary/aromatic N) is 5. The van der Waals surface area contributed by atoms with Gasteiger partial charge in [-0.15, -0.1) is 5.10 Å². The molecule has 56 heavy (non-hydrogen) atoms. The highest BCUT2D eigenvalue weighted by atomic mass is 16.3. The molecule has 8 aromatic carbocycles. The molecule has 0 saturated carbocycles. The summed E-state index contributed by atoms with van der Waals surface area (Å²) in [6.07, 6.45) is 0. The van der Waals surface area contributed by atoms with Gasteiger partial charge in [-0.1, -0.05) is 127 Å². The molecule has 6 heteroatoms. The van der Waals surface area contributed by atoms with Crippen molar-refractivity contribution in [1.29, 1.82) is 0 Å². The lowest BCUT2D eigenvalue weighted by Crippen LogP contribution is -2.03. The Morgan fingerprint density at radius 1 is 0.411 bits per heavy atom. The number of furan rings is 1. The first-order chi connectivity index (χ1) is 27.8. The van der Waals surface area contributed by atoms with Crippen molar-refractivity contribution < 1.29 is 4.42 Å². The minimum absolute atomic E-state index is 0.687. The maximum atomic E-state index is 6.62. The Hall–Kier alpha value is -7.70. The van der Waals surface area contributed by atoms with Gasteiger partial charge in [0.05, 0.1) is 44.5 Å². The van der Waals surface area contributed by atoms with Gasteiger partial charge in [0.15, 0.2) is 11.6 Å². The fraction of sp³-hybridized carbons (Fsp3) is 0. The Morgan fingerprint density at radius 3 is 1.75 bits per heavy atom. The summed E-state index contributed by atoms with van der Waals surface area (Å²) in [6.45, 7) is 0. The van der Waals surface area contributed by atoms with Gasteiger partial charge in [0.1, 0.15) is 11.2 Å². The molecule has 4 heterocycles. The zero-order chi connectivity index (χ0) is 36.7. The third-order valence-corrected chi connectivity index (χ3v) is 11.1. The monoisotopic (exact) mass is 717 g/mol. The molecule has 0 aliphatic heterocycles. The fourth-order valence-corrected chi connectivity index (χ4v) is 8.66. The Bertz CT molecular complexity index is 3480. The van der Waals surface area contributed by atoms with E-state index in [-0.39, 0.29) is 0 Å². The topological polar surface area (TPSA) is 53.7 Å². The van der Waals surface area contributed by atoms with E-state index in [1.165, 1.54) is 0 Å². The lowest BCUT2D eigenvalue weighted by atomic mass is 10.1. The zero-order valence-corrected chi connectivity index (χ0v) is 30.0. The molecule has 0 N–H and O–H groups in total. The van der Waals surface area contributed by atoms with E-state index in [9.17, 15) is 0 Å². The highest BCUT2D eigenvalue weighted by Gasteiger charge is 2.23. The minimum atomic E-state index is 0.687. The van der Waals surface area contributed by atoms with E-state index >= 15 is 0 Å². The maximum absolute atomic E-state index is 6.62. The molecule has 0 bridgehead atoms. The first-order valence-electron chi connectivity index (χ1n) is 18.8. The van der Waals surface area contributed by atoms with Crippen LogP contribution in [0.15, 0.2) is 192 Å². The standard InChI is InChI=1S/C50H31N5O/c1-3-15-32(16-4-1)49-51-50(33-17-5-2-6-18-33)55(52-49)34-27-29-42-39(31-34)35-19-7-10-22-40(35)53(42)43-24-12-13-25-44(43)54-41-23-11-8-21-38(41)47-45(54)30-28-37-36-20-9-14-26-46(36)56-48(37)47/h1-31H. The van der Waals surface area contributed by atoms with Crippen molar-refractivity contribution in [2.24, 2.45) is 0 Å². The van der Waals surface area contributed by atoms with E-state index in [1.807, 2.05) is 47.1 Å². The van der Waals surface area contributed by atoms with Crippen molar-refractivity contribution >= 4 is 65.6 Å². The largest absolute Gasteiger partial charge is 0.455 e. The van der Waals surface area contributed by atoms with Gasteiger partial charge in [-0.2, -0.15) is 0 Å². The first kappa shape index (κ1) is 30.7. The van der Waals surface area contributed by atoms with Crippen LogP contribution in [0.1, 0.15) is 0 Å². The molecule has 262 valence electrons. The Morgan fingerprint density at radius 2 is 0.982 bits per heavy atom. The molecule has 0 radical (unpaired) electrons. The molecule has 12 rings (SSSR count). The fourth-order valence-electron chi connectivity index (χ4n) is 8.66. The van der Waals surface area contributed by atoms with Crippen molar-refractivity contribution in [3.63, 3.8) is 0 Å². The molecule has 12 aromatic rings. The smallest absolute Gasteiger partial charge is 0.182 e. The van der Waals surface area contributed by atoms with Gasteiger partial charge in [-0.05, 0) is 60.7 Å². The second-order valence-electron chi connectivity index (χ2n) is 14.2. The van der Waals surface area contributed by atoms with Crippen LogP contribution in [0.3, 0.4) is 0 Å². The van der Waals surface area contributed by atoms with Crippen LogP contribution < -0.4 is 0 Å². The molecule has 0 aliphatic carbocycles. The number of hydrogen-bond donors (Lipinski definition) is 0. The van der Waals surface area contributed by atoms with Crippen LogP contribution in [0.5, 0.6) is 0 Å². The summed E-state index contributed by atoms with van der Waals surface area (Å²) in [5, 5.41) is 11.9. The number of hydrogen-bond acceptors (Lipinski definition) is 3. The summed E-state index contributed by atoms with van der Waals surface area (Å²) < 4.78 is 13.4. The summed E-state index contributed by atoms with van der Waals surface area (Å²) in [7, 11) is 0. The van der Waals surface area contributed by atoms with Crippen molar-refractivity contribution in [2.75, 3.05) is 0 Å². The van der Waals surface area contributed by atoms with Crippen LogP contribution in [0.25, 0.3) is 105 Å². The SMILES string of the molecule is c1ccc(-c2nc(-c3ccccc3)n(-c3ccc4c(c3)c3ccccc3n4-c3ccccc3-n3c4ccccc4c4c5oc6ccccc6c5ccc43)n2)cc1. The van der Waals surface area contributed by atoms with Crippen LogP contribution in [0, 0.1) is 0 Å². The predicted octanol–water partition coefficient (Wildman–Crippen LogP) is 12.7.